The van der Waals surface area contributed by atoms with Gasteiger partial charge in [-0.3, -0.25) is 9.59 Å². The lowest BCUT2D eigenvalue weighted by atomic mass is 9.83. The molecule has 0 spiro atoms. The van der Waals surface area contributed by atoms with E-state index >= 15 is 0 Å². The molecule has 1 atom stereocenters. The standard InChI is InChI=1S/C12H22N2O2/c1-8(2)6-12(3,4)11(16)14-9-5-10(15)13-7-9/h8-9H,5-7H2,1-4H3,(H,13,15)(H,14,16). The van der Waals surface area contributed by atoms with Crippen LogP contribution in [0.4, 0.5) is 0 Å². The third-order valence-corrected chi connectivity index (χ3v) is 2.85. The summed E-state index contributed by atoms with van der Waals surface area (Å²) in [7, 11) is 0. The zero-order valence-electron chi connectivity index (χ0n) is 10.6. The molecule has 1 unspecified atom stereocenters. The molecule has 2 N–H and O–H groups in total. The fraction of sp³-hybridized carbons (Fsp3) is 0.833. The van der Waals surface area contributed by atoms with E-state index in [4.69, 9.17) is 0 Å². The molecular weight excluding hydrogens is 204 g/mol. The largest absolute Gasteiger partial charge is 0.354 e. The van der Waals surface area contributed by atoms with E-state index in [-0.39, 0.29) is 23.3 Å². The van der Waals surface area contributed by atoms with Crippen LogP contribution in [0.3, 0.4) is 0 Å². The quantitative estimate of drug-likeness (QED) is 0.753. The van der Waals surface area contributed by atoms with Crippen molar-refractivity contribution in [2.75, 3.05) is 6.54 Å². The fourth-order valence-corrected chi connectivity index (χ4v) is 2.20. The molecule has 4 heteroatoms. The molecule has 0 aromatic carbocycles. The number of nitrogens with one attached hydrogen (secondary N) is 2. The monoisotopic (exact) mass is 226 g/mol. The van der Waals surface area contributed by atoms with E-state index in [1.807, 2.05) is 13.8 Å². The van der Waals surface area contributed by atoms with Gasteiger partial charge in [-0.05, 0) is 12.3 Å². The fourth-order valence-electron chi connectivity index (χ4n) is 2.20. The number of hydrogen-bond acceptors (Lipinski definition) is 2. The Balaban J connectivity index is 2.47. The molecule has 0 saturated carbocycles. The highest BCUT2D eigenvalue weighted by Gasteiger charge is 2.32. The lowest BCUT2D eigenvalue weighted by molar-refractivity contribution is -0.130. The lowest BCUT2D eigenvalue weighted by Crippen LogP contribution is -2.44. The van der Waals surface area contributed by atoms with Crippen LogP contribution >= 0.6 is 0 Å². The first-order chi connectivity index (χ1) is 7.31. The van der Waals surface area contributed by atoms with Crippen molar-refractivity contribution in [3.05, 3.63) is 0 Å². The summed E-state index contributed by atoms with van der Waals surface area (Å²) >= 11 is 0. The summed E-state index contributed by atoms with van der Waals surface area (Å²) in [6.07, 6.45) is 1.26. The van der Waals surface area contributed by atoms with Crippen molar-refractivity contribution in [1.82, 2.24) is 10.6 Å². The van der Waals surface area contributed by atoms with Crippen molar-refractivity contribution in [2.24, 2.45) is 11.3 Å². The van der Waals surface area contributed by atoms with E-state index in [1.165, 1.54) is 0 Å². The van der Waals surface area contributed by atoms with E-state index in [2.05, 4.69) is 24.5 Å². The number of amides is 2. The van der Waals surface area contributed by atoms with Crippen LogP contribution in [0.1, 0.15) is 40.5 Å². The van der Waals surface area contributed by atoms with Crippen LogP contribution in [0.5, 0.6) is 0 Å². The SMILES string of the molecule is CC(C)CC(C)(C)C(=O)NC1CNC(=O)C1. The van der Waals surface area contributed by atoms with Gasteiger partial charge in [-0.15, -0.1) is 0 Å². The van der Waals surface area contributed by atoms with E-state index in [1.54, 1.807) is 0 Å². The van der Waals surface area contributed by atoms with E-state index in [0.29, 0.717) is 18.9 Å². The minimum absolute atomic E-state index is 0.0203. The lowest BCUT2D eigenvalue weighted by Gasteiger charge is -2.27. The van der Waals surface area contributed by atoms with Gasteiger partial charge in [0.2, 0.25) is 11.8 Å². The highest BCUT2D eigenvalue weighted by Crippen LogP contribution is 2.25. The van der Waals surface area contributed by atoms with Crippen molar-refractivity contribution in [2.45, 2.75) is 46.6 Å². The minimum atomic E-state index is -0.361. The molecule has 1 rings (SSSR count). The molecule has 1 fully saturated rings. The molecule has 2 amide bonds. The molecule has 92 valence electrons. The van der Waals surface area contributed by atoms with Crippen molar-refractivity contribution in [3.63, 3.8) is 0 Å². The van der Waals surface area contributed by atoms with Gasteiger partial charge in [0.25, 0.3) is 0 Å². The molecule has 0 aromatic heterocycles. The Kier molecular flexibility index (Phi) is 3.94. The highest BCUT2D eigenvalue weighted by molar-refractivity contribution is 5.84. The van der Waals surface area contributed by atoms with Gasteiger partial charge in [0, 0.05) is 18.4 Å². The Morgan fingerprint density at radius 3 is 2.62 bits per heavy atom. The van der Waals surface area contributed by atoms with Crippen LogP contribution in [-0.2, 0) is 9.59 Å². The van der Waals surface area contributed by atoms with Gasteiger partial charge in [0.15, 0.2) is 0 Å². The first-order valence-electron chi connectivity index (χ1n) is 5.89. The van der Waals surface area contributed by atoms with Crippen molar-refractivity contribution >= 4 is 11.8 Å². The van der Waals surface area contributed by atoms with Gasteiger partial charge in [-0.25, -0.2) is 0 Å². The number of carbonyl (C=O) groups is 2. The van der Waals surface area contributed by atoms with Crippen LogP contribution in [-0.4, -0.2) is 24.4 Å². The summed E-state index contributed by atoms with van der Waals surface area (Å²) in [5, 5.41) is 5.65. The Morgan fingerprint density at radius 2 is 2.19 bits per heavy atom. The van der Waals surface area contributed by atoms with E-state index < -0.39 is 0 Å². The summed E-state index contributed by atoms with van der Waals surface area (Å²) in [6, 6.07) is -0.0357. The van der Waals surface area contributed by atoms with E-state index in [0.717, 1.165) is 6.42 Å². The Labute approximate surface area is 97.2 Å². The van der Waals surface area contributed by atoms with Crippen LogP contribution in [0, 0.1) is 11.3 Å². The van der Waals surface area contributed by atoms with Gasteiger partial charge >= 0.3 is 0 Å². The second-order valence-electron chi connectivity index (χ2n) is 5.66. The number of rotatable bonds is 4. The zero-order chi connectivity index (χ0) is 12.3. The van der Waals surface area contributed by atoms with Gasteiger partial charge in [-0.2, -0.15) is 0 Å². The minimum Gasteiger partial charge on any atom is -0.354 e. The molecule has 1 saturated heterocycles. The zero-order valence-corrected chi connectivity index (χ0v) is 10.6. The molecule has 0 aromatic rings. The highest BCUT2D eigenvalue weighted by atomic mass is 16.2. The maximum absolute atomic E-state index is 12.0. The van der Waals surface area contributed by atoms with Crippen LogP contribution in [0.25, 0.3) is 0 Å². The third kappa shape index (κ3) is 3.51. The Bertz CT molecular complexity index is 285. The second-order valence-corrected chi connectivity index (χ2v) is 5.66. The van der Waals surface area contributed by atoms with Crippen LogP contribution < -0.4 is 10.6 Å². The van der Waals surface area contributed by atoms with Crippen LogP contribution in [0.15, 0.2) is 0 Å². The first-order valence-corrected chi connectivity index (χ1v) is 5.89. The average Bonchev–Trinajstić information content (AvgIpc) is 2.48. The number of hydrogen-bond donors (Lipinski definition) is 2. The molecule has 0 bridgehead atoms. The predicted octanol–water partition coefficient (Wildman–Crippen LogP) is 1.06. The van der Waals surface area contributed by atoms with Crippen molar-refractivity contribution < 1.29 is 9.59 Å². The molecular formula is C12H22N2O2. The van der Waals surface area contributed by atoms with Gasteiger partial charge < -0.3 is 10.6 Å². The normalized spacial score (nSPS) is 21.1. The Hall–Kier alpha value is -1.06. The summed E-state index contributed by atoms with van der Waals surface area (Å²) in [5.74, 6) is 0.554. The van der Waals surface area contributed by atoms with Crippen molar-refractivity contribution in [1.29, 1.82) is 0 Å². The maximum atomic E-state index is 12.0. The molecule has 1 heterocycles. The van der Waals surface area contributed by atoms with Gasteiger partial charge in [-0.1, -0.05) is 27.7 Å². The van der Waals surface area contributed by atoms with Gasteiger partial charge in [0.1, 0.15) is 0 Å². The predicted molar refractivity (Wildman–Crippen MR) is 62.8 cm³/mol. The molecule has 0 aliphatic carbocycles. The first kappa shape index (κ1) is 13.0. The molecule has 0 radical (unpaired) electrons. The summed E-state index contributed by atoms with van der Waals surface area (Å²) < 4.78 is 0. The maximum Gasteiger partial charge on any atom is 0.225 e. The topological polar surface area (TPSA) is 58.2 Å². The van der Waals surface area contributed by atoms with Crippen molar-refractivity contribution in [3.8, 4) is 0 Å². The number of carbonyl (C=O) groups excluding carboxylic acids is 2. The summed E-state index contributed by atoms with van der Waals surface area (Å²) in [6.45, 7) is 8.67. The molecule has 4 nitrogen and oxygen atoms in total. The molecule has 16 heavy (non-hydrogen) atoms. The average molecular weight is 226 g/mol. The smallest absolute Gasteiger partial charge is 0.225 e. The van der Waals surface area contributed by atoms with E-state index in [9.17, 15) is 9.59 Å². The molecule has 1 aliphatic heterocycles. The summed E-state index contributed by atoms with van der Waals surface area (Å²) in [5.41, 5.74) is -0.361. The van der Waals surface area contributed by atoms with Gasteiger partial charge in [0.05, 0.1) is 6.04 Å². The second kappa shape index (κ2) is 4.85. The third-order valence-electron chi connectivity index (χ3n) is 2.85. The molecule has 1 aliphatic rings. The van der Waals surface area contributed by atoms with Crippen LogP contribution in [0.2, 0.25) is 0 Å². The summed E-state index contributed by atoms with van der Waals surface area (Å²) in [4.78, 5) is 23.0. The Morgan fingerprint density at radius 1 is 1.56 bits per heavy atom.